The van der Waals surface area contributed by atoms with E-state index in [1.807, 2.05) is 39.0 Å². The maximum atomic E-state index is 12.8. The Morgan fingerprint density at radius 1 is 1.11 bits per heavy atom. The molecule has 45 heavy (non-hydrogen) atoms. The van der Waals surface area contributed by atoms with Gasteiger partial charge in [-0.1, -0.05) is 42.1 Å². The van der Waals surface area contributed by atoms with E-state index in [0.717, 1.165) is 16.7 Å². The van der Waals surface area contributed by atoms with Gasteiger partial charge >= 0.3 is 6.36 Å². The number of carbonyl (C=O) groups is 1. The van der Waals surface area contributed by atoms with Crippen LogP contribution in [0.2, 0.25) is 0 Å². The maximum Gasteiger partial charge on any atom is 0.573 e. The monoisotopic (exact) mass is 653 g/mol. The van der Waals surface area contributed by atoms with Crippen LogP contribution in [0, 0.1) is 6.92 Å². The van der Waals surface area contributed by atoms with Crippen LogP contribution in [0.1, 0.15) is 25.0 Å². The smallest absolute Gasteiger partial charge is 0.489 e. The highest BCUT2D eigenvalue weighted by Gasteiger charge is 2.33. The van der Waals surface area contributed by atoms with Crippen molar-refractivity contribution in [1.82, 2.24) is 20.2 Å². The third-order valence-corrected chi connectivity index (χ3v) is 7.16. The van der Waals surface area contributed by atoms with Gasteiger partial charge < -0.3 is 9.47 Å². The zero-order valence-electron chi connectivity index (χ0n) is 24.1. The van der Waals surface area contributed by atoms with E-state index in [4.69, 9.17) is 17.0 Å². The van der Waals surface area contributed by atoms with Crippen molar-refractivity contribution in [1.29, 1.82) is 0 Å². The average molecular weight is 654 g/mol. The summed E-state index contributed by atoms with van der Waals surface area (Å²) in [5.41, 5.74) is 6.29. The second-order valence-corrected chi connectivity index (χ2v) is 11.2. The third-order valence-electron chi connectivity index (χ3n) is 6.05. The van der Waals surface area contributed by atoms with Gasteiger partial charge in [-0.2, -0.15) is 10.1 Å². The third kappa shape index (κ3) is 8.25. The van der Waals surface area contributed by atoms with Gasteiger partial charge in [0.25, 0.3) is 0 Å². The minimum Gasteiger partial charge on any atom is -0.489 e. The summed E-state index contributed by atoms with van der Waals surface area (Å²) in [6.07, 6.45) is -1.81. The zero-order chi connectivity index (χ0) is 32.1. The van der Waals surface area contributed by atoms with Crippen LogP contribution < -0.4 is 19.8 Å². The average Bonchev–Trinajstić information content (AvgIpc) is 3.61. The Kier molecular flexibility index (Phi) is 9.48. The van der Waals surface area contributed by atoms with Gasteiger partial charge in [-0.25, -0.2) is 9.67 Å². The van der Waals surface area contributed by atoms with E-state index in [9.17, 15) is 18.0 Å². The van der Waals surface area contributed by atoms with Crippen LogP contribution >= 0.6 is 24.0 Å². The Morgan fingerprint density at radius 3 is 2.53 bits per heavy atom. The fourth-order valence-electron chi connectivity index (χ4n) is 4.15. The highest BCUT2D eigenvalue weighted by atomic mass is 32.2. The number of aromatic nitrogens is 3. The summed E-state index contributed by atoms with van der Waals surface area (Å²) >= 11 is 6.64. The molecule has 0 aliphatic carbocycles. The number of nitrogens with zero attached hydrogens (tertiary/aromatic N) is 6. The summed E-state index contributed by atoms with van der Waals surface area (Å²) in [7, 11) is 0. The number of carbonyl (C=O) groups excluding carboxylic acids is 1. The molecule has 0 spiro atoms. The van der Waals surface area contributed by atoms with Crippen molar-refractivity contribution in [3.05, 3.63) is 84.2 Å². The molecule has 0 saturated carbocycles. The van der Waals surface area contributed by atoms with Crippen molar-refractivity contribution in [2.24, 2.45) is 10.1 Å². The van der Waals surface area contributed by atoms with E-state index in [1.54, 1.807) is 30.5 Å². The number of amidine groups is 1. The van der Waals surface area contributed by atoms with E-state index in [2.05, 4.69) is 30.3 Å². The number of rotatable bonds is 8. The van der Waals surface area contributed by atoms with Crippen molar-refractivity contribution in [3.63, 3.8) is 0 Å². The van der Waals surface area contributed by atoms with Gasteiger partial charge in [-0.05, 0) is 80.5 Å². The van der Waals surface area contributed by atoms with Crippen molar-refractivity contribution in [3.8, 4) is 28.6 Å². The first-order valence-corrected chi connectivity index (χ1v) is 14.9. The van der Waals surface area contributed by atoms with Crippen LogP contribution in [-0.2, 0) is 4.79 Å². The first kappa shape index (κ1) is 31.7. The van der Waals surface area contributed by atoms with Gasteiger partial charge in [0, 0.05) is 5.56 Å². The van der Waals surface area contributed by atoms with E-state index >= 15 is 0 Å². The summed E-state index contributed by atoms with van der Waals surface area (Å²) in [4.78, 5) is 23.0. The number of benzene rings is 3. The van der Waals surface area contributed by atoms with Gasteiger partial charge in [0.05, 0.1) is 29.4 Å². The molecule has 1 aromatic heterocycles. The number of thiocarbonyl (C=S) groups is 1. The van der Waals surface area contributed by atoms with E-state index in [0.29, 0.717) is 28.1 Å². The molecule has 1 fully saturated rings. The molecule has 4 aromatic rings. The van der Waals surface area contributed by atoms with Crippen LogP contribution in [-0.4, -0.2) is 55.4 Å². The molecule has 3 aromatic carbocycles. The number of alkyl halides is 3. The van der Waals surface area contributed by atoms with Crippen molar-refractivity contribution >= 4 is 52.1 Å². The number of thioether (sulfide) groups is 1. The molecule has 5 rings (SSSR count). The predicted molar refractivity (Wildman–Crippen MR) is 171 cm³/mol. The molecule has 0 bridgehead atoms. The first-order chi connectivity index (χ1) is 21.4. The van der Waals surface area contributed by atoms with E-state index in [1.165, 1.54) is 51.9 Å². The van der Waals surface area contributed by atoms with Crippen molar-refractivity contribution in [2.75, 3.05) is 10.7 Å². The number of hydrogen-bond acceptors (Lipinski definition) is 8. The molecule has 10 nitrogen and oxygen atoms in total. The highest BCUT2D eigenvalue weighted by Crippen LogP contribution is 2.35. The summed E-state index contributed by atoms with van der Waals surface area (Å²) in [5.74, 6) is 0.775. The lowest BCUT2D eigenvalue weighted by Gasteiger charge is -2.21. The van der Waals surface area contributed by atoms with Crippen LogP contribution in [0.15, 0.2) is 83.2 Å². The molecule has 1 N–H and O–H groups in total. The fourth-order valence-corrected chi connectivity index (χ4v) is 5.21. The Hall–Kier alpha value is -4.76. The second kappa shape index (κ2) is 13.5. The quantitative estimate of drug-likeness (QED) is 0.135. The zero-order valence-corrected chi connectivity index (χ0v) is 25.8. The summed E-state index contributed by atoms with van der Waals surface area (Å²) in [6.45, 7) is 5.77. The van der Waals surface area contributed by atoms with E-state index in [-0.39, 0.29) is 28.6 Å². The SMILES string of the molecule is Cc1ccc(OC(C)C)c(N2C(=O)CSC2=NC(=S)N/N=C/c2ccc(-c3ncn(-c4ccc(OC(F)(F)F)cc4)n3)cc2)c1. The van der Waals surface area contributed by atoms with Crippen LogP contribution in [0.5, 0.6) is 11.5 Å². The number of hydrogen-bond donors (Lipinski definition) is 1. The summed E-state index contributed by atoms with van der Waals surface area (Å²) in [5, 5.41) is 9.08. The van der Waals surface area contributed by atoms with Gasteiger partial charge in [-0.3, -0.25) is 15.1 Å². The number of hydrazone groups is 1. The number of aliphatic imine (C=N–C) groups is 1. The van der Waals surface area contributed by atoms with Gasteiger partial charge in [0.1, 0.15) is 17.8 Å². The molecule has 0 atom stereocenters. The lowest BCUT2D eigenvalue weighted by Crippen LogP contribution is -2.31. The van der Waals surface area contributed by atoms with Crippen LogP contribution in [0.25, 0.3) is 17.1 Å². The predicted octanol–water partition coefficient (Wildman–Crippen LogP) is 6.27. The lowest BCUT2D eigenvalue weighted by molar-refractivity contribution is -0.274. The molecule has 1 saturated heterocycles. The number of ether oxygens (including phenoxy) is 2. The van der Waals surface area contributed by atoms with Crippen LogP contribution in [0.4, 0.5) is 18.9 Å². The topological polar surface area (TPSA) is 106 Å². The Morgan fingerprint density at radius 2 is 1.84 bits per heavy atom. The number of nitrogens with one attached hydrogen (secondary N) is 1. The molecule has 0 radical (unpaired) electrons. The molecule has 1 amide bonds. The number of anilines is 1. The standard InChI is InChI=1S/C30H26F3N7O3S2/c1-18(2)42-25-13-4-19(3)14-24(25)40-26(41)16-45-29(40)36-28(44)37-35-15-20-5-7-21(8-6-20)27-34-17-39(38-27)22-9-11-23(12-10-22)43-30(31,32)33/h4-15,17-18H,16H2,1-3H3,(H,37,44)/b35-15+,36-29?. The first-order valence-electron chi connectivity index (χ1n) is 13.5. The number of halogens is 3. The maximum absolute atomic E-state index is 12.8. The molecule has 1 aliphatic rings. The largest absolute Gasteiger partial charge is 0.573 e. The Labute approximate surface area is 266 Å². The molecule has 2 heterocycles. The lowest BCUT2D eigenvalue weighted by atomic mass is 10.1. The molecule has 232 valence electrons. The molecular weight excluding hydrogens is 628 g/mol. The highest BCUT2D eigenvalue weighted by molar-refractivity contribution is 8.15. The van der Waals surface area contributed by atoms with Gasteiger partial charge in [0.15, 0.2) is 11.0 Å². The normalized spacial score (nSPS) is 14.5. The van der Waals surface area contributed by atoms with Crippen molar-refractivity contribution in [2.45, 2.75) is 33.2 Å². The van der Waals surface area contributed by atoms with E-state index < -0.39 is 6.36 Å². The summed E-state index contributed by atoms with van der Waals surface area (Å²) in [6, 6.07) is 18.2. The van der Waals surface area contributed by atoms with Gasteiger partial charge in [0.2, 0.25) is 11.0 Å². The molecule has 1 aliphatic heterocycles. The number of aryl methyl sites for hydroxylation is 1. The fraction of sp³-hybridized carbons (Fsp3) is 0.200. The van der Waals surface area contributed by atoms with Crippen LogP contribution in [0.3, 0.4) is 0 Å². The molecule has 0 unspecified atom stereocenters. The number of amides is 1. The molecular formula is C30H26F3N7O3S2. The Bertz CT molecular complexity index is 1760. The minimum absolute atomic E-state index is 0.0758. The Balaban J connectivity index is 1.21. The van der Waals surface area contributed by atoms with Crippen molar-refractivity contribution < 1.29 is 27.4 Å². The summed E-state index contributed by atoms with van der Waals surface area (Å²) < 4.78 is 48.5. The second-order valence-electron chi connectivity index (χ2n) is 9.90. The molecule has 15 heteroatoms. The van der Waals surface area contributed by atoms with Gasteiger partial charge in [-0.15, -0.1) is 18.3 Å². The minimum atomic E-state index is -4.76.